The maximum absolute atomic E-state index is 5.32. The number of benzene rings is 1. The number of hydrogen-bond acceptors (Lipinski definition) is 4. The van der Waals surface area contributed by atoms with Gasteiger partial charge < -0.3 is 0 Å². The monoisotopic (exact) mass is 306 g/mol. The Hall–Kier alpha value is -0.650. The van der Waals surface area contributed by atoms with Crippen molar-refractivity contribution in [1.82, 2.24) is 0 Å². The van der Waals surface area contributed by atoms with Crippen LogP contribution in [0.2, 0.25) is 0 Å². The van der Waals surface area contributed by atoms with E-state index < -0.39 is 22.0 Å². The van der Waals surface area contributed by atoms with Gasteiger partial charge in [-0.2, -0.15) is 0 Å². The summed E-state index contributed by atoms with van der Waals surface area (Å²) in [5.41, 5.74) is 1.06. The van der Waals surface area contributed by atoms with E-state index >= 15 is 0 Å². The maximum atomic E-state index is 5.32. The van der Waals surface area contributed by atoms with Crippen molar-refractivity contribution in [3.8, 4) is 11.5 Å². The fourth-order valence-corrected chi connectivity index (χ4v) is 2.23. The van der Waals surface area contributed by atoms with Gasteiger partial charge in [0.2, 0.25) is 0 Å². The number of thiocarbonyl (C=S) groups is 1. The normalized spacial score (nSPS) is 12.9. The molecule has 0 aromatic heterocycles. The van der Waals surface area contributed by atoms with E-state index in [1.54, 1.807) is 0 Å². The first kappa shape index (κ1) is 8.93. The molecule has 3 nitrogen and oxygen atoms in total. The molecule has 0 spiro atoms. The Morgan fingerprint density at radius 3 is 3.08 bits per heavy atom. The molecule has 0 N–H and O–H groups in total. The van der Waals surface area contributed by atoms with Crippen molar-refractivity contribution in [3.05, 3.63) is 23.8 Å². The molecule has 1 heterocycles. The number of aliphatic imine (C=N–C) groups is 1. The molecule has 0 radical (unpaired) electrons. The van der Waals surface area contributed by atoms with E-state index in [0.717, 1.165) is 17.1 Å². The summed E-state index contributed by atoms with van der Waals surface area (Å²) < 4.78 is 10.6. The Labute approximate surface area is 92.1 Å². The van der Waals surface area contributed by atoms with Crippen molar-refractivity contribution < 1.29 is 28.2 Å². The third-order valence-electron chi connectivity index (χ3n) is 1.56. The Morgan fingerprint density at radius 2 is 2.23 bits per heavy atom. The van der Waals surface area contributed by atoms with Crippen molar-refractivity contribution in [1.29, 1.82) is 0 Å². The summed E-state index contributed by atoms with van der Waals surface area (Å²) in [5.74, 6) is 1.66. The number of rotatable bonds is 2. The van der Waals surface area contributed by atoms with Crippen LogP contribution in [0.5, 0.6) is 11.5 Å². The molecule has 0 unspecified atom stereocenters. The zero-order chi connectivity index (χ0) is 9.10. The van der Waals surface area contributed by atoms with Crippen LogP contribution < -0.4 is 28.2 Å². The van der Waals surface area contributed by atoms with Crippen LogP contribution in [0, 0.1) is 0 Å². The second-order valence-electron chi connectivity index (χ2n) is 2.41. The van der Waals surface area contributed by atoms with Crippen molar-refractivity contribution >= 4 is 17.4 Å². The zero-order valence-electron chi connectivity index (χ0n) is 6.49. The summed E-state index contributed by atoms with van der Waals surface area (Å²) in [4.78, 5) is 3.84. The Balaban J connectivity index is 2.25. The summed E-state index contributed by atoms with van der Waals surface area (Å²) in [6.07, 6.45) is 0. The number of halogens is 1. The molecule has 0 atom stereocenters. The van der Waals surface area contributed by atoms with Gasteiger partial charge in [0.25, 0.3) is 0 Å². The van der Waals surface area contributed by atoms with Crippen LogP contribution in [-0.4, -0.2) is 5.16 Å². The molecule has 1 aromatic carbocycles. The van der Waals surface area contributed by atoms with Gasteiger partial charge >= 0.3 is 92.3 Å². The summed E-state index contributed by atoms with van der Waals surface area (Å²) in [6, 6.07) is 5.78. The number of hydrogen-bond donors (Lipinski definition) is 0. The first-order valence-electron chi connectivity index (χ1n) is 3.55. The molecule has 0 amide bonds. The van der Waals surface area contributed by atoms with Crippen LogP contribution >= 0.6 is 12.2 Å². The van der Waals surface area contributed by atoms with Crippen molar-refractivity contribution in [2.45, 2.75) is 6.54 Å². The molecule has 1 aliphatic heterocycles. The summed E-state index contributed by atoms with van der Waals surface area (Å²) in [5, 5.41) is 2.33. The quantitative estimate of drug-likeness (QED) is 0.398. The van der Waals surface area contributed by atoms with E-state index in [0.29, 0.717) is 6.54 Å². The van der Waals surface area contributed by atoms with Crippen molar-refractivity contribution in [2.24, 2.45) is 4.99 Å². The van der Waals surface area contributed by atoms with Crippen LogP contribution in [0.15, 0.2) is 23.2 Å². The first-order valence-corrected chi connectivity index (χ1v) is 5.72. The van der Waals surface area contributed by atoms with E-state index in [9.17, 15) is 0 Å². The van der Waals surface area contributed by atoms with Gasteiger partial charge in [0.1, 0.15) is 0 Å². The standard InChI is InChI=1S/C8H5INO2S/c13-5-10-4-6-1-2-7-8(3-6)12-9-11-7/h1-3H,4H2/q-1. The third kappa shape index (κ3) is 1.99. The summed E-state index contributed by atoms with van der Waals surface area (Å²) in [7, 11) is 0. The van der Waals surface area contributed by atoms with Crippen LogP contribution in [0.25, 0.3) is 0 Å². The van der Waals surface area contributed by atoms with Crippen molar-refractivity contribution in [2.75, 3.05) is 0 Å². The molecule has 0 saturated carbocycles. The SMILES string of the molecule is S=C=NCc1ccc2c(c1)O[I-]O2. The average molecular weight is 306 g/mol. The fraction of sp³-hybridized carbons (Fsp3) is 0.125. The van der Waals surface area contributed by atoms with Gasteiger partial charge in [-0.05, 0) is 0 Å². The minimum absolute atomic E-state index is 0.554. The van der Waals surface area contributed by atoms with Gasteiger partial charge in [-0.3, -0.25) is 0 Å². The second-order valence-corrected chi connectivity index (χ2v) is 3.83. The number of isothiocyanates is 1. The average Bonchev–Trinajstić information content (AvgIpc) is 2.61. The first-order chi connectivity index (χ1) is 6.40. The predicted molar refractivity (Wildman–Crippen MR) is 46.4 cm³/mol. The summed E-state index contributed by atoms with van der Waals surface area (Å²) in [6.45, 7) is 0.554. The van der Waals surface area contributed by atoms with E-state index in [-0.39, 0.29) is 0 Å². The Bertz CT molecular complexity index is 376. The van der Waals surface area contributed by atoms with Crippen molar-refractivity contribution in [3.63, 3.8) is 0 Å². The second kappa shape index (κ2) is 4.04. The van der Waals surface area contributed by atoms with Gasteiger partial charge in [-0.1, -0.05) is 0 Å². The topological polar surface area (TPSA) is 30.8 Å². The number of nitrogens with zero attached hydrogens (tertiary/aromatic N) is 1. The third-order valence-corrected chi connectivity index (χ3v) is 3.00. The fourth-order valence-electron chi connectivity index (χ4n) is 0.982. The van der Waals surface area contributed by atoms with E-state index in [4.69, 9.17) is 6.13 Å². The van der Waals surface area contributed by atoms with Gasteiger partial charge in [0, 0.05) is 0 Å². The molecular weight excluding hydrogens is 301 g/mol. The molecule has 2 rings (SSSR count). The van der Waals surface area contributed by atoms with Crippen LogP contribution in [0.4, 0.5) is 0 Å². The van der Waals surface area contributed by atoms with Crippen LogP contribution in [0.1, 0.15) is 5.56 Å². The molecule has 1 aromatic rings. The van der Waals surface area contributed by atoms with E-state index in [1.807, 2.05) is 18.2 Å². The van der Waals surface area contributed by atoms with Gasteiger partial charge in [0.15, 0.2) is 0 Å². The molecule has 68 valence electrons. The van der Waals surface area contributed by atoms with Gasteiger partial charge in [-0.15, -0.1) is 0 Å². The summed E-state index contributed by atoms with van der Waals surface area (Å²) >= 11 is 3.90. The van der Waals surface area contributed by atoms with Crippen LogP contribution in [0.3, 0.4) is 0 Å². The molecule has 0 aliphatic carbocycles. The minimum atomic E-state index is -0.581. The van der Waals surface area contributed by atoms with Gasteiger partial charge in [0.05, 0.1) is 0 Å². The molecule has 13 heavy (non-hydrogen) atoms. The zero-order valence-corrected chi connectivity index (χ0v) is 9.46. The van der Waals surface area contributed by atoms with E-state index in [2.05, 4.69) is 22.4 Å². The number of fused-ring (bicyclic) bond motifs is 1. The molecule has 0 bridgehead atoms. The molecular formula is C8H5INO2S-. The van der Waals surface area contributed by atoms with E-state index in [1.165, 1.54) is 0 Å². The molecule has 0 saturated heterocycles. The van der Waals surface area contributed by atoms with Gasteiger partial charge in [-0.25, -0.2) is 0 Å². The Kier molecular flexibility index (Phi) is 2.77. The molecule has 5 heteroatoms. The molecule has 0 fully saturated rings. The predicted octanol–water partition coefficient (Wildman–Crippen LogP) is -1.02. The Morgan fingerprint density at radius 1 is 1.38 bits per heavy atom. The molecule has 1 aliphatic rings. The van der Waals surface area contributed by atoms with Crippen LogP contribution in [-0.2, 0) is 6.54 Å².